The molecule has 10 heavy (non-hydrogen) atoms. The van der Waals surface area contributed by atoms with Gasteiger partial charge in [0.25, 0.3) is 0 Å². The van der Waals surface area contributed by atoms with Crippen LogP contribution in [0.15, 0.2) is 12.3 Å². The van der Waals surface area contributed by atoms with Gasteiger partial charge in [-0.25, -0.2) is 0 Å². The lowest BCUT2D eigenvalue weighted by atomic mass is 10.2. The minimum atomic E-state index is -0.519. The molecule has 0 aliphatic carbocycles. The summed E-state index contributed by atoms with van der Waals surface area (Å²) in [6, 6.07) is 0.972. The van der Waals surface area contributed by atoms with Gasteiger partial charge in [-0.2, -0.15) is 0 Å². The van der Waals surface area contributed by atoms with Gasteiger partial charge < -0.3 is 20.9 Å². The van der Waals surface area contributed by atoms with Crippen molar-refractivity contribution in [1.29, 1.82) is 0 Å². The van der Waals surface area contributed by atoms with Gasteiger partial charge in [-0.15, -0.1) is 0 Å². The molecule has 0 aromatic carbocycles. The Morgan fingerprint density at radius 2 is 2.40 bits per heavy atom. The molecule has 0 amide bonds. The first kappa shape index (κ1) is 7.11. The molecule has 1 atom stereocenters. The molecule has 0 spiro atoms. The van der Waals surface area contributed by atoms with Crippen molar-refractivity contribution in [3.63, 3.8) is 0 Å². The lowest BCUT2D eigenvalue weighted by Gasteiger charge is -2.04. The summed E-state index contributed by atoms with van der Waals surface area (Å²) in [7, 11) is 0. The molecule has 1 heterocycles. The van der Waals surface area contributed by atoms with Crippen LogP contribution in [0.4, 0.5) is 0 Å². The number of aromatic nitrogens is 1. The Labute approximate surface area is 58.3 Å². The standard InChI is InChI=1S/C6H10N2O2/c7-4(3-9)6-5(10)1-2-8-6/h1-2,4,8-10H,3,7H2/t4-/m1/s1. The van der Waals surface area contributed by atoms with Gasteiger partial charge in [-0.05, 0) is 6.07 Å². The van der Waals surface area contributed by atoms with Crippen LogP contribution < -0.4 is 5.73 Å². The van der Waals surface area contributed by atoms with E-state index >= 15 is 0 Å². The van der Waals surface area contributed by atoms with E-state index in [2.05, 4.69) is 4.98 Å². The average Bonchev–Trinajstić information content (AvgIpc) is 2.34. The van der Waals surface area contributed by atoms with Crippen molar-refractivity contribution in [2.75, 3.05) is 6.61 Å². The van der Waals surface area contributed by atoms with E-state index in [-0.39, 0.29) is 12.4 Å². The fourth-order valence-corrected chi connectivity index (χ4v) is 0.762. The molecular formula is C6H10N2O2. The molecule has 0 radical (unpaired) electrons. The zero-order valence-corrected chi connectivity index (χ0v) is 5.41. The van der Waals surface area contributed by atoms with E-state index in [9.17, 15) is 0 Å². The summed E-state index contributed by atoms with van der Waals surface area (Å²) in [6.45, 7) is -0.173. The zero-order chi connectivity index (χ0) is 7.56. The van der Waals surface area contributed by atoms with Crippen LogP contribution in [0.3, 0.4) is 0 Å². The predicted molar refractivity (Wildman–Crippen MR) is 36.5 cm³/mol. The maximum atomic E-state index is 9.03. The number of aliphatic hydroxyl groups excluding tert-OH is 1. The second-order valence-electron chi connectivity index (χ2n) is 2.07. The molecule has 1 rings (SSSR count). The Morgan fingerprint density at radius 1 is 1.70 bits per heavy atom. The molecule has 0 saturated carbocycles. The zero-order valence-electron chi connectivity index (χ0n) is 5.41. The Bertz CT molecular complexity index is 209. The topological polar surface area (TPSA) is 82.3 Å². The molecule has 0 fully saturated rings. The lowest BCUT2D eigenvalue weighted by Crippen LogP contribution is -2.14. The van der Waals surface area contributed by atoms with Crippen molar-refractivity contribution in [3.05, 3.63) is 18.0 Å². The van der Waals surface area contributed by atoms with Crippen molar-refractivity contribution < 1.29 is 10.2 Å². The SMILES string of the molecule is N[C@H](CO)c1[nH]ccc1O. The van der Waals surface area contributed by atoms with Crippen LogP contribution in [0.25, 0.3) is 0 Å². The highest BCUT2D eigenvalue weighted by atomic mass is 16.3. The van der Waals surface area contributed by atoms with Crippen LogP contribution in [-0.2, 0) is 0 Å². The summed E-state index contributed by atoms with van der Waals surface area (Å²) >= 11 is 0. The summed E-state index contributed by atoms with van der Waals surface area (Å²) < 4.78 is 0. The largest absolute Gasteiger partial charge is 0.506 e. The van der Waals surface area contributed by atoms with E-state index in [1.807, 2.05) is 0 Å². The molecule has 56 valence electrons. The third-order valence-electron chi connectivity index (χ3n) is 1.32. The van der Waals surface area contributed by atoms with E-state index in [0.717, 1.165) is 0 Å². The second kappa shape index (κ2) is 2.72. The normalized spacial score (nSPS) is 13.4. The quantitative estimate of drug-likeness (QED) is 0.458. The Balaban J connectivity index is 2.82. The van der Waals surface area contributed by atoms with Crippen molar-refractivity contribution >= 4 is 0 Å². The second-order valence-corrected chi connectivity index (χ2v) is 2.07. The number of rotatable bonds is 2. The molecule has 0 aliphatic heterocycles. The van der Waals surface area contributed by atoms with E-state index in [0.29, 0.717) is 5.69 Å². The first-order valence-electron chi connectivity index (χ1n) is 2.98. The molecule has 0 saturated heterocycles. The molecule has 1 aromatic heterocycles. The average molecular weight is 142 g/mol. The van der Waals surface area contributed by atoms with Crippen LogP contribution in [0.2, 0.25) is 0 Å². The maximum Gasteiger partial charge on any atom is 0.137 e. The predicted octanol–water partition coefficient (Wildman–Crippen LogP) is -0.288. The van der Waals surface area contributed by atoms with Gasteiger partial charge in [0.15, 0.2) is 0 Å². The number of nitrogens with two attached hydrogens (primary N) is 1. The minimum Gasteiger partial charge on any atom is -0.506 e. The Hall–Kier alpha value is -1.00. The van der Waals surface area contributed by atoms with E-state index in [1.165, 1.54) is 6.07 Å². The van der Waals surface area contributed by atoms with Crippen molar-refractivity contribution in [1.82, 2.24) is 4.98 Å². The highest BCUT2D eigenvalue weighted by Crippen LogP contribution is 2.19. The van der Waals surface area contributed by atoms with Crippen molar-refractivity contribution in [2.24, 2.45) is 5.73 Å². The van der Waals surface area contributed by atoms with E-state index < -0.39 is 6.04 Å². The van der Waals surface area contributed by atoms with E-state index in [1.54, 1.807) is 6.20 Å². The number of aliphatic hydroxyl groups is 1. The fourth-order valence-electron chi connectivity index (χ4n) is 0.762. The van der Waals surface area contributed by atoms with Gasteiger partial charge in [-0.3, -0.25) is 0 Å². The smallest absolute Gasteiger partial charge is 0.137 e. The highest BCUT2D eigenvalue weighted by Gasteiger charge is 2.09. The lowest BCUT2D eigenvalue weighted by molar-refractivity contribution is 0.263. The number of hydrogen-bond acceptors (Lipinski definition) is 3. The van der Waals surface area contributed by atoms with Crippen LogP contribution >= 0.6 is 0 Å². The number of aromatic amines is 1. The minimum absolute atomic E-state index is 0.0987. The Morgan fingerprint density at radius 3 is 2.80 bits per heavy atom. The van der Waals surface area contributed by atoms with Crippen molar-refractivity contribution in [2.45, 2.75) is 6.04 Å². The summed E-state index contributed by atoms with van der Waals surface area (Å²) in [5.41, 5.74) is 5.87. The van der Waals surface area contributed by atoms with Crippen molar-refractivity contribution in [3.8, 4) is 5.75 Å². The van der Waals surface area contributed by atoms with Gasteiger partial charge in [0.05, 0.1) is 18.3 Å². The molecule has 0 bridgehead atoms. The molecule has 0 unspecified atom stereocenters. The Kier molecular flexibility index (Phi) is 1.94. The number of nitrogens with one attached hydrogen (secondary N) is 1. The molecule has 4 nitrogen and oxygen atoms in total. The van der Waals surface area contributed by atoms with Gasteiger partial charge >= 0.3 is 0 Å². The molecule has 5 N–H and O–H groups in total. The summed E-state index contributed by atoms with van der Waals surface area (Å²) in [5.74, 6) is 0.0987. The molecule has 1 aromatic rings. The van der Waals surface area contributed by atoms with Gasteiger partial charge in [0, 0.05) is 6.20 Å². The van der Waals surface area contributed by atoms with Crippen LogP contribution in [0, 0.1) is 0 Å². The van der Waals surface area contributed by atoms with Gasteiger partial charge in [0.1, 0.15) is 5.75 Å². The molecule has 0 aliphatic rings. The van der Waals surface area contributed by atoms with Gasteiger partial charge in [0.2, 0.25) is 0 Å². The summed E-state index contributed by atoms with van der Waals surface area (Å²) in [6.07, 6.45) is 1.57. The first-order valence-corrected chi connectivity index (χ1v) is 2.98. The third-order valence-corrected chi connectivity index (χ3v) is 1.32. The fraction of sp³-hybridized carbons (Fsp3) is 0.333. The monoisotopic (exact) mass is 142 g/mol. The first-order chi connectivity index (χ1) is 4.75. The van der Waals surface area contributed by atoms with Crippen LogP contribution in [0.5, 0.6) is 5.75 Å². The van der Waals surface area contributed by atoms with E-state index in [4.69, 9.17) is 15.9 Å². The van der Waals surface area contributed by atoms with Crippen LogP contribution in [0.1, 0.15) is 11.7 Å². The van der Waals surface area contributed by atoms with Gasteiger partial charge in [-0.1, -0.05) is 0 Å². The number of aromatic hydroxyl groups is 1. The van der Waals surface area contributed by atoms with Crippen LogP contribution in [-0.4, -0.2) is 21.8 Å². The summed E-state index contributed by atoms with van der Waals surface area (Å²) in [5, 5.41) is 17.6. The summed E-state index contributed by atoms with van der Waals surface area (Å²) in [4.78, 5) is 2.72. The number of hydrogen-bond donors (Lipinski definition) is 4. The molecule has 4 heteroatoms. The maximum absolute atomic E-state index is 9.03. The third kappa shape index (κ3) is 1.12. The highest BCUT2D eigenvalue weighted by molar-refractivity contribution is 5.28. The molecular weight excluding hydrogens is 132 g/mol. The number of H-pyrrole nitrogens is 1.